The fourth-order valence-corrected chi connectivity index (χ4v) is 2.13. The Morgan fingerprint density at radius 3 is 2.33 bits per heavy atom. The van der Waals surface area contributed by atoms with Crippen LogP contribution in [-0.2, 0) is 10.4 Å². The molecule has 1 amide bonds. The molecule has 0 radical (unpaired) electrons. The van der Waals surface area contributed by atoms with Gasteiger partial charge in [-0.15, -0.1) is 0 Å². The zero-order valence-electron chi connectivity index (χ0n) is 11.1. The summed E-state index contributed by atoms with van der Waals surface area (Å²) >= 11 is 0. The van der Waals surface area contributed by atoms with Crippen LogP contribution in [0.1, 0.15) is 11.1 Å². The molecular formula is C15H13F2NO3. The number of primary amides is 1. The Kier molecular flexibility index (Phi) is 3.90. The molecule has 0 saturated carbocycles. The first-order chi connectivity index (χ1) is 9.92. The number of carbonyl (C=O) groups is 1. The number of rotatable bonds is 4. The van der Waals surface area contributed by atoms with E-state index in [1.165, 1.54) is 31.4 Å². The molecule has 2 aromatic carbocycles. The zero-order valence-corrected chi connectivity index (χ0v) is 11.1. The second-order valence-corrected chi connectivity index (χ2v) is 4.38. The summed E-state index contributed by atoms with van der Waals surface area (Å²) in [4.78, 5) is 11.8. The van der Waals surface area contributed by atoms with Crippen LogP contribution in [0, 0.1) is 11.6 Å². The van der Waals surface area contributed by atoms with Gasteiger partial charge in [-0.25, -0.2) is 8.78 Å². The van der Waals surface area contributed by atoms with Crippen LogP contribution >= 0.6 is 0 Å². The van der Waals surface area contributed by atoms with Crippen molar-refractivity contribution in [2.45, 2.75) is 5.60 Å². The molecule has 2 aromatic rings. The lowest BCUT2D eigenvalue weighted by molar-refractivity contribution is -0.133. The first-order valence-electron chi connectivity index (χ1n) is 6.03. The maximum Gasteiger partial charge on any atom is 0.259 e. The predicted octanol–water partition coefficient (Wildman–Crippen LogP) is 1.69. The van der Waals surface area contributed by atoms with E-state index >= 15 is 0 Å². The molecule has 2 rings (SSSR count). The highest BCUT2D eigenvalue weighted by molar-refractivity contribution is 5.89. The standard InChI is InChI=1S/C15H13F2NO3/c1-21-11-8-7-10(16)13(17)12(11)15(20,14(18)19)9-5-3-2-4-6-9/h2-8,20H,1H3,(H2,18,19). The number of nitrogens with two attached hydrogens (primary N) is 1. The molecule has 6 heteroatoms. The Balaban J connectivity index is 2.82. The molecule has 0 aliphatic rings. The minimum atomic E-state index is -2.54. The molecule has 1 unspecified atom stereocenters. The van der Waals surface area contributed by atoms with Crippen LogP contribution in [0.3, 0.4) is 0 Å². The maximum absolute atomic E-state index is 14.2. The topological polar surface area (TPSA) is 72.6 Å². The third kappa shape index (κ3) is 2.34. The second-order valence-electron chi connectivity index (χ2n) is 4.38. The van der Waals surface area contributed by atoms with E-state index in [2.05, 4.69) is 0 Å². The van der Waals surface area contributed by atoms with E-state index in [1.807, 2.05) is 0 Å². The van der Waals surface area contributed by atoms with Crippen molar-refractivity contribution in [1.82, 2.24) is 0 Å². The Hall–Kier alpha value is -2.47. The summed E-state index contributed by atoms with van der Waals surface area (Å²) in [7, 11) is 1.21. The van der Waals surface area contributed by atoms with Crippen LogP contribution < -0.4 is 10.5 Å². The minimum Gasteiger partial charge on any atom is -0.496 e. The molecule has 1 atom stereocenters. The van der Waals surface area contributed by atoms with Gasteiger partial charge < -0.3 is 15.6 Å². The van der Waals surface area contributed by atoms with Crippen molar-refractivity contribution in [2.75, 3.05) is 7.11 Å². The number of aliphatic hydroxyl groups is 1. The van der Waals surface area contributed by atoms with Crippen LogP contribution in [0.5, 0.6) is 5.75 Å². The summed E-state index contributed by atoms with van der Waals surface area (Å²) < 4.78 is 32.6. The van der Waals surface area contributed by atoms with Gasteiger partial charge in [-0.3, -0.25) is 4.79 Å². The second kappa shape index (κ2) is 5.49. The van der Waals surface area contributed by atoms with Gasteiger partial charge >= 0.3 is 0 Å². The van der Waals surface area contributed by atoms with Gasteiger partial charge in [0.05, 0.1) is 12.7 Å². The van der Waals surface area contributed by atoms with Gasteiger partial charge in [0, 0.05) is 0 Å². The number of benzene rings is 2. The fourth-order valence-electron chi connectivity index (χ4n) is 2.13. The van der Waals surface area contributed by atoms with Crippen molar-refractivity contribution < 1.29 is 23.4 Å². The van der Waals surface area contributed by atoms with Gasteiger partial charge in [0.25, 0.3) is 5.91 Å². The third-order valence-electron chi connectivity index (χ3n) is 3.19. The van der Waals surface area contributed by atoms with Gasteiger partial charge in [-0.1, -0.05) is 30.3 Å². The van der Waals surface area contributed by atoms with E-state index in [-0.39, 0.29) is 11.3 Å². The molecule has 110 valence electrons. The summed E-state index contributed by atoms with van der Waals surface area (Å²) in [6, 6.07) is 9.43. The van der Waals surface area contributed by atoms with E-state index in [4.69, 9.17) is 10.5 Å². The van der Waals surface area contributed by atoms with Crippen molar-refractivity contribution in [1.29, 1.82) is 0 Å². The van der Waals surface area contributed by atoms with Gasteiger partial charge in [0.2, 0.25) is 5.60 Å². The average Bonchev–Trinajstić information content (AvgIpc) is 2.49. The summed E-state index contributed by atoms with van der Waals surface area (Å²) in [6.07, 6.45) is 0. The molecule has 0 aromatic heterocycles. The molecule has 0 aliphatic carbocycles. The summed E-state index contributed by atoms with van der Waals surface area (Å²) in [5.41, 5.74) is 2.07. The van der Waals surface area contributed by atoms with E-state index in [0.717, 1.165) is 12.1 Å². The maximum atomic E-state index is 14.2. The van der Waals surface area contributed by atoms with E-state index in [0.29, 0.717) is 0 Å². The van der Waals surface area contributed by atoms with Crippen molar-refractivity contribution in [3.8, 4) is 5.75 Å². The molecule has 0 spiro atoms. The summed E-state index contributed by atoms with van der Waals surface area (Å²) in [5.74, 6) is -4.03. The highest BCUT2D eigenvalue weighted by Crippen LogP contribution is 2.38. The lowest BCUT2D eigenvalue weighted by atomic mass is 9.84. The molecule has 0 heterocycles. The number of hydrogen-bond donors (Lipinski definition) is 2. The quantitative estimate of drug-likeness (QED) is 0.901. The molecule has 21 heavy (non-hydrogen) atoms. The molecular weight excluding hydrogens is 280 g/mol. The number of carbonyl (C=O) groups excluding carboxylic acids is 1. The number of amides is 1. The van der Waals surface area contributed by atoms with Crippen LogP contribution in [0.4, 0.5) is 8.78 Å². The first kappa shape index (κ1) is 14.9. The normalized spacial score (nSPS) is 13.5. The van der Waals surface area contributed by atoms with E-state index in [1.54, 1.807) is 6.07 Å². The summed E-state index contributed by atoms with van der Waals surface area (Å²) in [5, 5.41) is 10.7. The highest BCUT2D eigenvalue weighted by atomic mass is 19.2. The zero-order chi connectivity index (χ0) is 15.6. The number of halogens is 2. The fraction of sp³-hybridized carbons (Fsp3) is 0.133. The van der Waals surface area contributed by atoms with Crippen LogP contribution in [0.2, 0.25) is 0 Å². The first-order valence-corrected chi connectivity index (χ1v) is 6.03. The third-order valence-corrected chi connectivity index (χ3v) is 3.19. The van der Waals surface area contributed by atoms with Crippen molar-refractivity contribution in [3.05, 3.63) is 65.2 Å². The van der Waals surface area contributed by atoms with Gasteiger partial charge in [0.1, 0.15) is 5.75 Å². The van der Waals surface area contributed by atoms with Gasteiger partial charge in [-0.2, -0.15) is 0 Å². The number of ether oxygens (including phenoxy) is 1. The summed E-state index contributed by atoms with van der Waals surface area (Å²) in [6.45, 7) is 0. The van der Waals surface area contributed by atoms with E-state index < -0.39 is 28.7 Å². The van der Waals surface area contributed by atoms with Crippen molar-refractivity contribution in [2.24, 2.45) is 5.73 Å². The number of methoxy groups -OCH3 is 1. The SMILES string of the molecule is COc1ccc(F)c(F)c1C(O)(C(N)=O)c1ccccc1. The highest BCUT2D eigenvalue weighted by Gasteiger charge is 2.43. The molecule has 0 aliphatic heterocycles. The van der Waals surface area contributed by atoms with Crippen molar-refractivity contribution >= 4 is 5.91 Å². The lowest BCUT2D eigenvalue weighted by Crippen LogP contribution is -2.43. The monoisotopic (exact) mass is 293 g/mol. The Morgan fingerprint density at radius 2 is 1.81 bits per heavy atom. The molecule has 4 nitrogen and oxygen atoms in total. The van der Waals surface area contributed by atoms with E-state index in [9.17, 15) is 18.7 Å². The number of hydrogen-bond acceptors (Lipinski definition) is 3. The average molecular weight is 293 g/mol. The van der Waals surface area contributed by atoms with Crippen LogP contribution in [-0.4, -0.2) is 18.1 Å². The smallest absolute Gasteiger partial charge is 0.259 e. The molecule has 3 N–H and O–H groups in total. The Labute approximate surface area is 119 Å². The van der Waals surface area contributed by atoms with Gasteiger partial charge in [-0.05, 0) is 17.7 Å². The lowest BCUT2D eigenvalue weighted by Gasteiger charge is -2.27. The molecule has 0 bridgehead atoms. The van der Waals surface area contributed by atoms with Crippen molar-refractivity contribution in [3.63, 3.8) is 0 Å². The van der Waals surface area contributed by atoms with Crippen LogP contribution in [0.15, 0.2) is 42.5 Å². The minimum absolute atomic E-state index is 0.0142. The molecule has 0 saturated heterocycles. The van der Waals surface area contributed by atoms with Crippen LogP contribution in [0.25, 0.3) is 0 Å². The van der Waals surface area contributed by atoms with Gasteiger partial charge in [0.15, 0.2) is 11.6 Å². The largest absolute Gasteiger partial charge is 0.496 e. The Morgan fingerprint density at radius 1 is 1.19 bits per heavy atom. The Bertz CT molecular complexity index is 676. The molecule has 0 fully saturated rings. The predicted molar refractivity (Wildman–Crippen MR) is 71.5 cm³/mol.